The van der Waals surface area contributed by atoms with Crippen molar-refractivity contribution in [3.8, 4) is 5.88 Å². The third kappa shape index (κ3) is 8.29. The van der Waals surface area contributed by atoms with E-state index in [1.54, 1.807) is 32.9 Å². The molecule has 0 radical (unpaired) electrons. The summed E-state index contributed by atoms with van der Waals surface area (Å²) >= 11 is 13.1. The Morgan fingerprint density at radius 3 is 2.39 bits per heavy atom. The molecule has 44 heavy (non-hydrogen) atoms. The van der Waals surface area contributed by atoms with Crippen molar-refractivity contribution in [2.24, 2.45) is 11.3 Å². The number of pyridine rings is 1. The number of H-pyrrole nitrogens is 1. The van der Waals surface area contributed by atoms with Gasteiger partial charge in [-0.3, -0.25) is 9.59 Å². The lowest BCUT2D eigenvalue weighted by Crippen LogP contribution is -2.40. The molecule has 1 aromatic carbocycles. The highest BCUT2D eigenvalue weighted by Crippen LogP contribution is 2.38. The Labute approximate surface area is 260 Å². The molecule has 1 saturated carbocycles. The number of ether oxygens (including phenoxy) is 1. The van der Waals surface area contributed by atoms with E-state index in [1.165, 1.54) is 6.07 Å². The number of carbonyl (C=O) groups excluding carboxylic acids is 2. The molecule has 2 aromatic heterocycles. The Bertz CT molecular complexity index is 1520. The molecular formula is C29H32Cl2F5N5O3. The van der Waals surface area contributed by atoms with Crippen molar-refractivity contribution in [3.05, 3.63) is 50.8 Å². The number of imidazole rings is 1. The minimum absolute atomic E-state index is 0.0762. The summed E-state index contributed by atoms with van der Waals surface area (Å²) in [7, 11) is 0. The van der Waals surface area contributed by atoms with Crippen molar-refractivity contribution in [2.75, 3.05) is 6.61 Å². The van der Waals surface area contributed by atoms with Crippen LogP contribution < -0.4 is 15.4 Å². The molecule has 1 aliphatic rings. The van der Waals surface area contributed by atoms with Crippen LogP contribution in [0.1, 0.15) is 73.8 Å². The standard InChI is InChI=1S/C29H32Cl2F5N5O3/c1-28(2,3)27(43)37-12-14-4-9-19(30)17(23(14)31)11-22-39-20-10-18(26(41-24(20)40-22)44-13-21(32)33)25(42)38-16-7-5-15(6-8-16)29(34,35)36/h4,9-10,15-16,21H,5-8,11-13H2,1-3H3,(H,37,43)(H,38,42)(H,39,40,41). The predicted octanol–water partition coefficient (Wildman–Crippen LogP) is 7.01. The number of nitrogens with zero attached hydrogens (tertiary/aromatic N) is 2. The second-order valence-corrected chi connectivity index (χ2v) is 12.6. The monoisotopic (exact) mass is 663 g/mol. The number of aromatic amines is 1. The van der Waals surface area contributed by atoms with Gasteiger partial charge in [0.15, 0.2) is 12.3 Å². The third-order valence-corrected chi connectivity index (χ3v) is 8.16. The number of halogens is 7. The number of amides is 2. The first kappa shape index (κ1) is 33.7. The maximum atomic E-state index is 13.2. The molecule has 0 atom stereocenters. The SMILES string of the molecule is CC(C)(C)C(=O)NCc1ccc(Cl)c(Cc2nc3nc(OCC(F)F)c(C(=O)NC4CCC(C(F)(F)F)CC4)cc3[nH]2)c1Cl. The first-order chi connectivity index (χ1) is 20.5. The summed E-state index contributed by atoms with van der Waals surface area (Å²) in [6, 6.07) is 4.16. The number of benzene rings is 1. The second kappa shape index (κ2) is 13.4. The van der Waals surface area contributed by atoms with E-state index in [0.29, 0.717) is 27.0 Å². The molecular weight excluding hydrogens is 632 g/mol. The van der Waals surface area contributed by atoms with Crippen LogP contribution in [-0.4, -0.2) is 52.0 Å². The third-order valence-electron chi connectivity index (χ3n) is 7.33. The number of fused-ring (bicyclic) bond motifs is 1. The molecule has 3 aromatic rings. The summed E-state index contributed by atoms with van der Waals surface area (Å²) in [6.07, 6.45) is -7.05. The number of aromatic nitrogens is 3. The van der Waals surface area contributed by atoms with Crippen LogP contribution in [-0.2, 0) is 17.8 Å². The largest absolute Gasteiger partial charge is 0.471 e. The fraction of sp³-hybridized carbons (Fsp3) is 0.517. The fourth-order valence-corrected chi connectivity index (χ4v) is 5.43. The van der Waals surface area contributed by atoms with E-state index in [4.69, 9.17) is 27.9 Å². The van der Waals surface area contributed by atoms with Crippen molar-refractivity contribution in [1.82, 2.24) is 25.6 Å². The van der Waals surface area contributed by atoms with Crippen LogP contribution in [0.25, 0.3) is 11.2 Å². The Morgan fingerprint density at radius 2 is 1.77 bits per heavy atom. The molecule has 0 unspecified atom stereocenters. The van der Waals surface area contributed by atoms with Crippen LogP contribution in [0.15, 0.2) is 18.2 Å². The maximum Gasteiger partial charge on any atom is 0.391 e. The Morgan fingerprint density at radius 1 is 1.09 bits per heavy atom. The molecule has 2 heterocycles. The molecule has 1 aliphatic carbocycles. The smallest absolute Gasteiger partial charge is 0.391 e. The molecule has 4 rings (SSSR count). The van der Waals surface area contributed by atoms with Crippen LogP contribution >= 0.6 is 23.2 Å². The first-order valence-electron chi connectivity index (χ1n) is 13.9. The lowest BCUT2D eigenvalue weighted by atomic mass is 9.85. The molecule has 0 saturated heterocycles. The van der Waals surface area contributed by atoms with Gasteiger partial charge in [-0.1, -0.05) is 50.0 Å². The van der Waals surface area contributed by atoms with Crippen LogP contribution in [0.5, 0.6) is 5.88 Å². The van der Waals surface area contributed by atoms with Crippen molar-refractivity contribution >= 4 is 46.2 Å². The van der Waals surface area contributed by atoms with E-state index < -0.39 is 42.5 Å². The molecule has 2 amide bonds. The van der Waals surface area contributed by atoms with E-state index in [0.717, 1.165) is 0 Å². The minimum Gasteiger partial charge on any atom is -0.471 e. The Balaban J connectivity index is 1.56. The normalized spacial score (nSPS) is 17.6. The number of nitrogens with one attached hydrogen (secondary N) is 3. The van der Waals surface area contributed by atoms with E-state index in [-0.39, 0.29) is 67.2 Å². The highest BCUT2D eigenvalue weighted by atomic mass is 35.5. The lowest BCUT2D eigenvalue weighted by molar-refractivity contribution is -0.182. The minimum atomic E-state index is -4.30. The summed E-state index contributed by atoms with van der Waals surface area (Å²) in [5.74, 6) is -2.34. The number of rotatable bonds is 9. The van der Waals surface area contributed by atoms with Gasteiger partial charge < -0.3 is 20.4 Å². The fourth-order valence-electron chi connectivity index (χ4n) is 4.86. The number of hydrogen-bond acceptors (Lipinski definition) is 5. The van der Waals surface area contributed by atoms with Crippen molar-refractivity contribution in [3.63, 3.8) is 0 Å². The van der Waals surface area contributed by atoms with Crippen molar-refractivity contribution in [1.29, 1.82) is 0 Å². The van der Waals surface area contributed by atoms with Gasteiger partial charge in [-0.25, -0.2) is 13.8 Å². The van der Waals surface area contributed by atoms with Gasteiger partial charge in [-0.15, -0.1) is 0 Å². The molecule has 1 fully saturated rings. The molecule has 15 heteroatoms. The quantitative estimate of drug-likeness (QED) is 0.213. The summed E-state index contributed by atoms with van der Waals surface area (Å²) in [4.78, 5) is 37.1. The van der Waals surface area contributed by atoms with E-state index in [1.807, 2.05) is 0 Å². The average molecular weight is 665 g/mol. The van der Waals surface area contributed by atoms with Crippen LogP contribution in [0, 0.1) is 11.3 Å². The zero-order valence-corrected chi connectivity index (χ0v) is 25.7. The summed E-state index contributed by atoms with van der Waals surface area (Å²) in [5.41, 5.74) is 0.742. The van der Waals surface area contributed by atoms with Gasteiger partial charge in [0.2, 0.25) is 11.8 Å². The van der Waals surface area contributed by atoms with Crippen LogP contribution in [0.4, 0.5) is 22.0 Å². The zero-order valence-electron chi connectivity index (χ0n) is 24.2. The zero-order chi connectivity index (χ0) is 32.4. The number of carbonyl (C=O) groups is 2. The summed E-state index contributed by atoms with van der Waals surface area (Å²) in [6.45, 7) is 4.50. The van der Waals surface area contributed by atoms with Gasteiger partial charge in [0, 0.05) is 29.4 Å². The van der Waals surface area contributed by atoms with Crippen LogP contribution in [0.2, 0.25) is 10.0 Å². The number of hydrogen-bond donors (Lipinski definition) is 3. The summed E-state index contributed by atoms with van der Waals surface area (Å²) in [5, 5.41) is 6.19. The number of alkyl halides is 5. The Kier molecular flexibility index (Phi) is 10.3. The van der Waals surface area contributed by atoms with Crippen molar-refractivity contribution < 1.29 is 36.3 Å². The highest BCUT2D eigenvalue weighted by molar-refractivity contribution is 6.36. The molecule has 0 aliphatic heterocycles. The maximum absolute atomic E-state index is 13.2. The van der Waals surface area contributed by atoms with E-state index in [9.17, 15) is 31.5 Å². The van der Waals surface area contributed by atoms with E-state index >= 15 is 0 Å². The molecule has 3 N–H and O–H groups in total. The molecule has 8 nitrogen and oxygen atoms in total. The molecule has 0 bridgehead atoms. The van der Waals surface area contributed by atoms with Gasteiger partial charge in [0.25, 0.3) is 12.3 Å². The lowest BCUT2D eigenvalue weighted by Gasteiger charge is -2.30. The van der Waals surface area contributed by atoms with Gasteiger partial charge >= 0.3 is 6.18 Å². The van der Waals surface area contributed by atoms with Gasteiger partial charge in [-0.2, -0.15) is 18.2 Å². The highest BCUT2D eigenvalue weighted by Gasteiger charge is 2.41. The van der Waals surface area contributed by atoms with Crippen molar-refractivity contribution in [2.45, 2.75) is 78.1 Å². The topological polar surface area (TPSA) is 109 Å². The molecule has 240 valence electrons. The molecule has 0 spiro atoms. The second-order valence-electron chi connectivity index (χ2n) is 11.8. The van der Waals surface area contributed by atoms with Crippen LogP contribution in [0.3, 0.4) is 0 Å². The first-order valence-corrected chi connectivity index (χ1v) is 14.7. The van der Waals surface area contributed by atoms with E-state index in [2.05, 4.69) is 25.6 Å². The predicted molar refractivity (Wildman–Crippen MR) is 155 cm³/mol. The Hall–Kier alpha value is -3.19. The van der Waals surface area contributed by atoms with Gasteiger partial charge in [0.05, 0.1) is 16.5 Å². The average Bonchev–Trinajstić information content (AvgIpc) is 3.33. The van der Waals surface area contributed by atoms with Gasteiger partial charge in [-0.05, 0) is 48.9 Å². The summed E-state index contributed by atoms with van der Waals surface area (Å²) < 4.78 is 70.2. The van der Waals surface area contributed by atoms with Gasteiger partial charge in [0.1, 0.15) is 11.4 Å².